The summed E-state index contributed by atoms with van der Waals surface area (Å²) in [6.07, 6.45) is 1.69. The van der Waals surface area contributed by atoms with Gasteiger partial charge in [-0.1, -0.05) is 0 Å². The summed E-state index contributed by atoms with van der Waals surface area (Å²) < 4.78 is 39.4. The zero-order valence-electron chi connectivity index (χ0n) is 12.7. The summed E-state index contributed by atoms with van der Waals surface area (Å²) in [6.45, 7) is 0.831. The largest absolute Gasteiger partial charge is 0.396 e. The third kappa shape index (κ3) is 4.49. The Balaban J connectivity index is 2.05. The average molecular weight is 344 g/mol. The van der Waals surface area contributed by atoms with Crippen molar-refractivity contribution >= 4 is 15.9 Å². The van der Waals surface area contributed by atoms with Crippen molar-refractivity contribution in [2.75, 3.05) is 26.2 Å². The summed E-state index contributed by atoms with van der Waals surface area (Å²) >= 11 is 0. The number of aliphatic hydroxyl groups is 1. The lowest BCUT2D eigenvalue weighted by atomic mass is 9.99. The van der Waals surface area contributed by atoms with E-state index >= 15 is 0 Å². The van der Waals surface area contributed by atoms with Gasteiger partial charge in [0.05, 0.1) is 10.8 Å². The second-order valence-electron chi connectivity index (χ2n) is 5.52. The molecular formula is C15H21FN2O4S. The molecule has 1 atom stereocenters. The fraction of sp³-hybridized carbons (Fsp3) is 0.533. The molecule has 1 saturated heterocycles. The minimum atomic E-state index is -3.72. The highest BCUT2D eigenvalue weighted by molar-refractivity contribution is 7.89. The highest BCUT2D eigenvalue weighted by Gasteiger charge is 2.33. The van der Waals surface area contributed by atoms with E-state index in [-0.39, 0.29) is 24.0 Å². The molecule has 128 valence electrons. The van der Waals surface area contributed by atoms with Gasteiger partial charge in [-0.05, 0) is 43.5 Å². The molecule has 6 nitrogen and oxygen atoms in total. The van der Waals surface area contributed by atoms with E-state index in [1.807, 2.05) is 0 Å². The molecule has 1 aromatic rings. The number of piperidine rings is 1. The van der Waals surface area contributed by atoms with Gasteiger partial charge in [0, 0.05) is 26.2 Å². The average Bonchev–Trinajstić information content (AvgIpc) is 2.55. The minimum absolute atomic E-state index is 0.00395. The van der Waals surface area contributed by atoms with Gasteiger partial charge in [-0.3, -0.25) is 4.79 Å². The number of aliphatic hydroxyl groups excluding tert-OH is 1. The molecule has 23 heavy (non-hydrogen) atoms. The maximum atomic E-state index is 13.0. The van der Waals surface area contributed by atoms with Gasteiger partial charge in [0.2, 0.25) is 15.9 Å². The summed E-state index contributed by atoms with van der Waals surface area (Å²) in [4.78, 5) is 12.1. The molecule has 0 radical (unpaired) electrons. The quantitative estimate of drug-likeness (QED) is 0.745. The SMILES string of the molecule is O=C(NCCCO)C1CCCN(S(=O)(=O)c2ccc(F)cc2)C1. The normalized spacial score (nSPS) is 19.5. The third-order valence-electron chi connectivity index (χ3n) is 3.84. The maximum Gasteiger partial charge on any atom is 0.243 e. The topological polar surface area (TPSA) is 86.7 Å². The molecule has 1 aromatic carbocycles. The molecule has 1 fully saturated rings. The number of hydrogen-bond acceptors (Lipinski definition) is 4. The van der Waals surface area contributed by atoms with E-state index in [2.05, 4.69) is 5.32 Å². The molecule has 2 rings (SSSR count). The summed E-state index contributed by atoms with van der Waals surface area (Å²) in [5, 5.41) is 11.4. The molecule has 0 bridgehead atoms. The molecule has 0 aromatic heterocycles. The Bertz CT molecular complexity index is 633. The van der Waals surface area contributed by atoms with Crippen molar-refractivity contribution in [3.05, 3.63) is 30.1 Å². The lowest BCUT2D eigenvalue weighted by molar-refractivity contribution is -0.126. The lowest BCUT2D eigenvalue weighted by Gasteiger charge is -2.31. The van der Waals surface area contributed by atoms with E-state index < -0.39 is 21.8 Å². The number of nitrogens with zero attached hydrogens (tertiary/aromatic N) is 1. The number of halogens is 1. The van der Waals surface area contributed by atoms with Crippen LogP contribution >= 0.6 is 0 Å². The Morgan fingerprint density at radius 1 is 1.35 bits per heavy atom. The number of amides is 1. The molecule has 1 heterocycles. The number of sulfonamides is 1. The van der Waals surface area contributed by atoms with Gasteiger partial charge in [-0.2, -0.15) is 4.31 Å². The van der Waals surface area contributed by atoms with Gasteiger partial charge in [-0.25, -0.2) is 12.8 Å². The molecule has 0 saturated carbocycles. The number of benzene rings is 1. The van der Waals surface area contributed by atoms with Crippen LogP contribution in [0.3, 0.4) is 0 Å². The smallest absolute Gasteiger partial charge is 0.243 e. The number of nitrogens with one attached hydrogen (secondary N) is 1. The van der Waals surface area contributed by atoms with Crippen LogP contribution in [-0.4, -0.2) is 50.0 Å². The number of carbonyl (C=O) groups excluding carboxylic acids is 1. The van der Waals surface area contributed by atoms with Gasteiger partial charge in [0.1, 0.15) is 5.82 Å². The summed E-state index contributed by atoms with van der Waals surface area (Å²) in [7, 11) is -3.72. The minimum Gasteiger partial charge on any atom is -0.396 e. The third-order valence-corrected chi connectivity index (χ3v) is 5.72. The van der Waals surface area contributed by atoms with Crippen LogP contribution in [0.2, 0.25) is 0 Å². The van der Waals surface area contributed by atoms with E-state index in [0.717, 1.165) is 12.1 Å². The van der Waals surface area contributed by atoms with Crippen LogP contribution in [0.15, 0.2) is 29.2 Å². The summed E-state index contributed by atoms with van der Waals surface area (Å²) in [5.41, 5.74) is 0. The Morgan fingerprint density at radius 2 is 2.04 bits per heavy atom. The standard InChI is InChI=1S/C15H21FN2O4S/c16-13-4-6-14(7-5-13)23(21,22)18-9-1-3-12(11-18)15(20)17-8-2-10-19/h4-7,12,19H,1-3,8-11H2,(H,17,20). The zero-order valence-corrected chi connectivity index (χ0v) is 13.6. The van der Waals surface area contributed by atoms with Crippen molar-refractivity contribution in [1.29, 1.82) is 0 Å². The zero-order chi connectivity index (χ0) is 16.9. The van der Waals surface area contributed by atoms with Crippen LogP contribution in [0, 0.1) is 11.7 Å². The van der Waals surface area contributed by atoms with E-state index in [0.29, 0.717) is 32.4 Å². The molecular weight excluding hydrogens is 323 g/mol. The Hall–Kier alpha value is -1.51. The van der Waals surface area contributed by atoms with E-state index in [9.17, 15) is 17.6 Å². The highest BCUT2D eigenvalue weighted by Crippen LogP contribution is 2.24. The van der Waals surface area contributed by atoms with Crippen molar-refractivity contribution in [2.45, 2.75) is 24.2 Å². The van der Waals surface area contributed by atoms with Crippen molar-refractivity contribution in [2.24, 2.45) is 5.92 Å². The molecule has 1 unspecified atom stereocenters. The van der Waals surface area contributed by atoms with E-state index in [4.69, 9.17) is 5.11 Å². The van der Waals surface area contributed by atoms with Crippen LogP contribution in [0.25, 0.3) is 0 Å². The van der Waals surface area contributed by atoms with Crippen molar-refractivity contribution < 1.29 is 22.7 Å². The first-order valence-electron chi connectivity index (χ1n) is 7.59. The number of hydrogen-bond donors (Lipinski definition) is 2. The number of carbonyl (C=O) groups is 1. The first kappa shape index (κ1) is 17.8. The first-order chi connectivity index (χ1) is 10.9. The summed E-state index contributed by atoms with van der Waals surface area (Å²) in [6, 6.07) is 4.68. The van der Waals surface area contributed by atoms with Crippen LogP contribution in [0.1, 0.15) is 19.3 Å². The van der Waals surface area contributed by atoms with Crippen molar-refractivity contribution in [3.8, 4) is 0 Å². The fourth-order valence-corrected chi connectivity index (χ4v) is 4.09. The van der Waals surface area contributed by atoms with E-state index in [1.54, 1.807) is 0 Å². The van der Waals surface area contributed by atoms with Gasteiger partial charge in [-0.15, -0.1) is 0 Å². The van der Waals surface area contributed by atoms with Crippen LogP contribution in [0.4, 0.5) is 4.39 Å². The van der Waals surface area contributed by atoms with Gasteiger partial charge in [0.15, 0.2) is 0 Å². The van der Waals surface area contributed by atoms with Crippen molar-refractivity contribution in [1.82, 2.24) is 9.62 Å². The van der Waals surface area contributed by atoms with Crippen molar-refractivity contribution in [3.63, 3.8) is 0 Å². The Morgan fingerprint density at radius 3 is 2.70 bits per heavy atom. The van der Waals surface area contributed by atoms with Crippen LogP contribution in [0.5, 0.6) is 0 Å². The second kappa shape index (κ2) is 7.85. The van der Waals surface area contributed by atoms with Crippen LogP contribution < -0.4 is 5.32 Å². The maximum absolute atomic E-state index is 13.0. The van der Waals surface area contributed by atoms with Crippen LogP contribution in [-0.2, 0) is 14.8 Å². The number of rotatable bonds is 6. The van der Waals surface area contributed by atoms with Gasteiger partial charge < -0.3 is 10.4 Å². The molecule has 1 aliphatic rings. The molecule has 1 aliphatic heterocycles. The first-order valence-corrected chi connectivity index (χ1v) is 9.03. The monoisotopic (exact) mass is 344 g/mol. The lowest BCUT2D eigenvalue weighted by Crippen LogP contribution is -2.45. The predicted molar refractivity (Wildman–Crippen MR) is 82.6 cm³/mol. The van der Waals surface area contributed by atoms with Gasteiger partial charge >= 0.3 is 0 Å². The molecule has 2 N–H and O–H groups in total. The highest BCUT2D eigenvalue weighted by atomic mass is 32.2. The second-order valence-corrected chi connectivity index (χ2v) is 7.46. The molecule has 0 aliphatic carbocycles. The van der Waals surface area contributed by atoms with E-state index in [1.165, 1.54) is 16.4 Å². The van der Waals surface area contributed by atoms with Gasteiger partial charge in [0.25, 0.3) is 0 Å². The Kier molecular flexibility index (Phi) is 6.09. The molecule has 1 amide bonds. The summed E-state index contributed by atoms with van der Waals surface area (Å²) in [5.74, 6) is -1.10. The molecule has 8 heteroatoms. The fourth-order valence-electron chi connectivity index (χ4n) is 2.57. The Labute approximate surface area is 135 Å². The molecule has 0 spiro atoms. The predicted octanol–water partition coefficient (Wildman–Crippen LogP) is 0.725.